The predicted octanol–water partition coefficient (Wildman–Crippen LogP) is 4.30. The van der Waals surface area contributed by atoms with Gasteiger partial charge in [-0.2, -0.15) is 5.26 Å². The molecule has 1 N–H and O–H groups in total. The van der Waals surface area contributed by atoms with Gasteiger partial charge in [-0.1, -0.05) is 24.3 Å². The molecule has 0 fully saturated rings. The van der Waals surface area contributed by atoms with Crippen LogP contribution >= 0.6 is 0 Å². The molecular formula is C17H12FN3. The number of halogens is 1. The van der Waals surface area contributed by atoms with Gasteiger partial charge in [0, 0.05) is 5.39 Å². The zero-order chi connectivity index (χ0) is 14.8. The van der Waals surface area contributed by atoms with E-state index in [2.05, 4.69) is 16.4 Å². The zero-order valence-electron chi connectivity index (χ0n) is 11.4. The number of rotatable bonds is 2. The summed E-state index contributed by atoms with van der Waals surface area (Å²) in [7, 11) is 0. The van der Waals surface area contributed by atoms with Crippen molar-refractivity contribution in [2.24, 2.45) is 0 Å². The number of anilines is 2. The van der Waals surface area contributed by atoms with Gasteiger partial charge in [-0.15, -0.1) is 0 Å². The second-order valence-electron chi connectivity index (χ2n) is 4.79. The SMILES string of the molecule is Cc1ccc(Nc2cc(C#N)c3ccccc3n2)c(F)c1. The highest BCUT2D eigenvalue weighted by Gasteiger charge is 2.07. The molecule has 0 aliphatic carbocycles. The highest BCUT2D eigenvalue weighted by atomic mass is 19.1. The van der Waals surface area contributed by atoms with Gasteiger partial charge in [0.15, 0.2) is 0 Å². The predicted molar refractivity (Wildman–Crippen MR) is 80.9 cm³/mol. The van der Waals surface area contributed by atoms with Gasteiger partial charge < -0.3 is 5.32 Å². The van der Waals surface area contributed by atoms with Crippen molar-refractivity contribution in [1.29, 1.82) is 5.26 Å². The summed E-state index contributed by atoms with van der Waals surface area (Å²) in [6, 6.07) is 16.1. The molecule has 21 heavy (non-hydrogen) atoms. The van der Waals surface area contributed by atoms with Crippen LogP contribution in [0.25, 0.3) is 10.9 Å². The highest BCUT2D eigenvalue weighted by Crippen LogP contribution is 2.24. The summed E-state index contributed by atoms with van der Waals surface area (Å²) in [4.78, 5) is 4.41. The zero-order valence-corrected chi connectivity index (χ0v) is 11.4. The Morgan fingerprint density at radius 2 is 1.95 bits per heavy atom. The maximum Gasteiger partial charge on any atom is 0.146 e. The van der Waals surface area contributed by atoms with Gasteiger partial charge in [0.25, 0.3) is 0 Å². The summed E-state index contributed by atoms with van der Waals surface area (Å²) in [6.45, 7) is 1.83. The third kappa shape index (κ3) is 2.54. The van der Waals surface area contributed by atoms with E-state index in [0.29, 0.717) is 22.6 Å². The Kier molecular flexibility index (Phi) is 3.25. The molecule has 0 unspecified atom stereocenters. The molecule has 0 radical (unpaired) electrons. The molecule has 2 aromatic carbocycles. The molecule has 3 nitrogen and oxygen atoms in total. The standard InChI is InChI=1S/C17H12FN3/c1-11-6-7-16(14(18)8-11)21-17-9-12(10-19)13-4-2-3-5-15(13)20-17/h2-9H,1H3,(H,20,21). The van der Waals surface area contributed by atoms with Crippen LogP contribution in [0.2, 0.25) is 0 Å². The van der Waals surface area contributed by atoms with Gasteiger partial charge in [0.1, 0.15) is 11.6 Å². The van der Waals surface area contributed by atoms with E-state index in [1.165, 1.54) is 6.07 Å². The van der Waals surface area contributed by atoms with Crippen molar-refractivity contribution in [2.75, 3.05) is 5.32 Å². The Morgan fingerprint density at radius 1 is 1.14 bits per heavy atom. The first-order chi connectivity index (χ1) is 10.2. The van der Waals surface area contributed by atoms with Crippen LogP contribution in [0.3, 0.4) is 0 Å². The topological polar surface area (TPSA) is 48.7 Å². The Hall–Kier alpha value is -2.93. The van der Waals surface area contributed by atoms with Gasteiger partial charge in [-0.05, 0) is 36.8 Å². The third-order valence-corrected chi connectivity index (χ3v) is 3.22. The van der Waals surface area contributed by atoms with Gasteiger partial charge in [-0.25, -0.2) is 9.37 Å². The van der Waals surface area contributed by atoms with Gasteiger partial charge in [0.05, 0.1) is 22.8 Å². The monoisotopic (exact) mass is 277 g/mol. The van der Waals surface area contributed by atoms with E-state index in [4.69, 9.17) is 0 Å². The Bertz CT molecular complexity index is 866. The average molecular weight is 277 g/mol. The van der Waals surface area contributed by atoms with Crippen LogP contribution in [0.1, 0.15) is 11.1 Å². The van der Waals surface area contributed by atoms with E-state index in [-0.39, 0.29) is 5.82 Å². The lowest BCUT2D eigenvalue weighted by Gasteiger charge is -2.09. The molecule has 1 aromatic heterocycles. The minimum Gasteiger partial charge on any atom is -0.338 e. The maximum atomic E-state index is 13.9. The number of aromatic nitrogens is 1. The maximum absolute atomic E-state index is 13.9. The van der Waals surface area contributed by atoms with E-state index in [1.807, 2.05) is 37.3 Å². The van der Waals surface area contributed by atoms with E-state index < -0.39 is 0 Å². The van der Waals surface area contributed by atoms with Crippen LogP contribution in [-0.4, -0.2) is 4.98 Å². The number of nitriles is 1. The molecule has 3 rings (SSSR count). The number of hydrogen-bond acceptors (Lipinski definition) is 3. The molecule has 0 atom stereocenters. The summed E-state index contributed by atoms with van der Waals surface area (Å²) >= 11 is 0. The second-order valence-corrected chi connectivity index (χ2v) is 4.79. The fourth-order valence-corrected chi connectivity index (χ4v) is 2.19. The van der Waals surface area contributed by atoms with E-state index in [1.54, 1.807) is 12.1 Å². The fourth-order valence-electron chi connectivity index (χ4n) is 2.19. The number of benzene rings is 2. The lowest BCUT2D eigenvalue weighted by molar-refractivity contribution is 0.630. The van der Waals surface area contributed by atoms with Crippen LogP contribution in [0.5, 0.6) is 0 Å². The van der Waals surface area contributed by atoms with Crippen molar-refractivity contribution < 1.29 is 4.39 Å². The summed E-state index contributed by atoms with van der Waals surface area (Å²) in [6.07, 6.45) is 0. The minimum absolute atomic E-state index is 0.340. The van der Waals surface area contributed by atoms with Crippen molar-refractivity contribution in [3.05, 3.63) is 65.5 Å². The number of hydrogen-bond donors (Lipinski definition) is 1. The van der Waals surface area contributed by atoms with Crippen LogP contribution < -0.4 is 5.32 Å². The molecular weight excluding hydrogens is 265 g/mol. The van der Waals surface area contributed by atoms with Crippen molar-refractivity contribution in [3.8, 4) is 6.07 Å². The molecule has 0 aliphatic rings. The normalized spacial score (nSPS) is 10.3. The smallest absolute Gasteiger partial charge is 0.146 e. The molecule has 4 heteroatoms. The van der Waals surface area contributed by atoms with Crippen LogP contribution in [0.15, 0.2) is 48.5 Å². The van der Waals surface area contributed by atoms with Crippen LogP contribution in [0.4, 0.5) is 15.9 Å². The lowest BCUT2D eigenvalue weighted by Crippen LogP contribution is -1.98. The molecule has 0 aliphatic heterocycles. The summed E-state index contributed by atoms with van der Waals surface area (Å²) in [5.74, 6) is 0.108. The number of nitrogens with one attached hydrogen (secondary N) is 1. The van der Waals surface area contributed by atoms with Crippen molar-refractivity contribution in [2.45, 2.75) is 6.92 Å². The van der Waals surface area contributed by atoms with Crippen LogP contribution in [0, 0.1) is 24.1 Å². The van der Waals surface area contributed by atoms with Gasteiger partial charge >= 0.3 is 0 Å². The number of para-hydroxylation sites is 1. The quantitative estimate of drug-likeness (QED) is 0.759. The molecule has 0 spiro atoms. The van der Waals surface area contributed by atoms with Crippen molar-refractivity contribution in [1.82, 2.24) is 4.98 Å². The molecule has 0 bridgehead atoms. The molecule has 1 heterocycles. The molecule has 0 saturated carbocycles. The highest BCUT2D eigenvalue weighted by molar-refractivity contribution is 5.86. The molecule has 3 aromatic rings. The number of fused-ring (bicyclic) bond motifs is 1. The third-order valence-electron chi connectivity index (χ3n) is 3.22. The Labute approximate surface area is 121 Å². The summed E-state index contributed by atoms with van der Waals surface area (Å²) in [5.41, 5.74) is 2.40. The number of pyridine rings is 1. The van der Waals surface area contributed by atoms with Crippen molar-refractivity contribution in [3.63, 3.8) is 0 Å². The van der Waals surface area contributed by atoms with Crippen LogP contribution in [-0.2, 0) is 0 Å². The summed E-state index contributed by atoms with van der Waals surface area (Å²) < 4.78 is 13.9. The minimum atomic E-state index is -0.344. The van der Waals surface area contributed by atoms with E-state index in [0.717, 1.165) is 10.9 Å². The fraction of sp³-hybridized carbons (Fsp3) is 0.0588. The van der Waals surface area contributed by atoms with Crippen molar-refractivity contribution >= 4 is 22.4 Å². The average Bonchev–Trinajstić information content (AvgIpc) is 2.49. The summed E-state index contributed by atoms with van der Waals surface area (Å²) in [5, 5.41) is 13.0. The first-order valence-electron chi connectivity index (χ1n) is 6.50. The Morgan fingerprint density at radius 3 is 2.71 bits per heavy atom. The largest absolute Gasteiger partial charge is 0.338 e. The first kappa shape index (κ1) is 13.1. The van der Waals surface area contributed by atoms with E-state index in [9.17, 15) is 9.65 Å². The van der Waals surface area contributed by atoms with Gasteiger partial charge in [-0.3, -0.25) is 0 Å². The number of nitrogens with zero attached hydrogens (tertiary/aromatic N) is 2. The Balaban J connectivity index is 2.07. The van der Waals surface area contributed by atoms with Gasteiger partial charge in [0.2, 0.25) is 0 Å². The lowest BCUT2D eigenvalue weighted by atomic mass is 10.1. The second kappa shape index (κ2) is 5.22. The molecule has 102 valence electrons. The first-order valence-corrected chi connectivity index (χ1v) is 6.50. The molecule has 0 amide bonds. The number of aryl methyl sites for hydroxylation is 1. The molecule has 0 saturated heterocycles. The van der Waals surface area contributed by atoms with E-state index >= 15 is 0 Å².